The maximum Gasteiger partial charge on any atom is 0.222 e. The van der Waals surface area contributed by atoms with Gasteiger partial charge in [0.15, 0.2) is 0 Å². The van der Waals surface area contributed by atoms with Crippen LogP contribution in [0.1, 0.15) is 27.2 Å². The highest BCUT2D eigenvalue weighted by atomic mass is 79.9. The van der Waals surface area contributed by atoms with Gasteiger partial charge < -0.3 is 10.6 Å². The van der Waals surface area contributed by atoms with Crippen molar-refractivity contribution in [3.8, 4) is 0 Å². The van der Waals surface area contributed by atoms with Crippen LogP contribution in [0.5, 0.6) is 0 Å². The van der Waals surface area contributed by atoms with Crippen LogP contribution in [0.25, 0.3) is 0 Å². The van der Waals surface area contributed by atoms with Gasteiger partial charge in [0.2, 0.25) is 5.95 Å². The van der Waals surface area contributed by atoms with Crippen LogP contribution in [-0.2, 0) is 0 Å². The molecule has 2 N–H and O–H groups in total. The number of hydrogen-bond acceptors (Lipinski definition) is 4. The minimum absolute atomic E-state index is 0.315. The molecule has 0 radical (unpaired) electrons. The Hall–Kier alpha value is -0.840. The van der Waals surface area contributed by atoms with Gasteiger partial charge in [-0.25, -0.2) is 4.98 Å². The lowest BCUT2D eigenvalue weighted by Crippen LogP contribution is -2.32. The number of nitrogen functional groups attached to an aromatic ring is 1. The van der Waals surface area contributed by atoms with E-state index in [2.05, 4.69) is 51.6 Å². The fraction of sp³-hybridized carbons (Fsp3) is 0.600. The zero-order valence-electron chi connectivity index (χ0n) is 9.37. The van der Waals surface area contributed by atoms with Gasteiger partial charge in [0.05, 0.1) is 4.47 Å². The number of anilines is 2. The molecule has 4 nitrogen and oxygen atoms in total. The fourth-order valence-corrected chi connectivity index (χ4v) is 1.84. The monoisotopic (exact) mass is 272 g/mol. The molecular weight excluding hydrogens is 256 g/mol. The number of hydrogen-bond donors (Lipinski definition) is 1. The van der Waals surface area contributed by atoms with Crippen molar-refractivity contribution in [1.29, 1.82) is 0 Å². The van der Waals surface area contributed by atoms with Crippen molar-refractivity contribution in [1.82, 2.24) is 9.97 Å². The van der Waals surface area contributed by atoms with Crippen LogP contribution in [0, 0.1) is 0 Å². The van der Waals surface area contributed by atoms with Crippen LogP contribution < -0.4 is 10.6 Å². The molecule has 0 aromatic carbocycles. The van der Waals surface area contributed by atoms with Gasteiger partial charge in [-0.15, -0.1) is 0 Å². The van der Waals surface area contributed by atoms with Crippen molar-refractivity contribution >= 4 is 27.7 Å². The van der Waals surface area contributed by atoms with E-state index in [1.54, 1.807) is 6.20 Å². The second-order valence-electron chi connectivity index (χ2n) is 3.69. The first kappa shape index (κ1) is 12.2. The first-order valence-corrected chi connectivity index (χ1v) is 5.90. The van der Waals surface area contributed by atoms with Gasteiger partial charge in [0, 0.05) is 18.8 Å². The summed E-state index contributed by atoms with van der Waals surface area (Å²) in [6, 6.07) is 0.399. The van der Waals surface area contributed by atoms with E-state index in [0.29, 0.717) is 12.0 Å². The second-order valence-corrected chi connectivity index (χ2v) is 4.54. The standard InChI is InChI=1S/C10H17BrN4/c1-4-5-15(7(2)3)9-8(11)6-13-10(12)14-9/h6-7H,4-5H2,1-3H3,(H2,12,13,14). The van der Waals surface area contributed by atoms with E-state index in [1.165, 1.54) is 0 Å². The molecule has 1 aromatic heterocycles. The highest BCUT2D eigenvalue weighted by Crippen LogP contribution is 2.25. The van der Waals surface area contributed by atoms with Crippen LogP contribution in [0.2, 0.25) is 0 Å². The van der Waals surface area contributed by atoms with Gasteiger partial charge in [0.25, 0.3) is 0 Å². The van der Waals surface area contributed by atoms with Crippen molar-refractivity contribution in [3.63, 3.8) is 0 Å². The van der Waals surface area contributed by atoms with Gasteiger partial charge in [0.1, 0.15) is 5.82 Å². The van der Waals surface area contributed by atoms with Gasteiger partial charge in [-0.1, -0.05) is 6.92 Å². The minimum Gasteiger partial charge on any atom is -0.368 e. The molecule has 0 bridgehead atoms. The summed E-state index contributed by atoms with van der Waals surface area (Å²) < 4.78 is 0.888. The van der Waals surface area contributed by atoms with Crippen molar-refractivity contribution < 1.29 is 0 Å². The third-order valence-corrected chi connectivity index (χ3v) is 2.66. The SMILES string of the molecule is CCCN(c1nc(N)ncc1Br)C(C)C. The van der Waals surface area contributed by atoms with Gasteiger partial charge >= 0.3 is 0 Å². The Bertz CT molecular complexity index is 327. The zero-order chi connectivity index (χ0) is 11.4. The average molecular weight is 273 g/mol. The molecule has 0 aliphatic carbocycles. The quantitative estimate of drug-likeness (QED) is 0.915. The number of rotatable bonds is 4. The normalized spacial score (nSPS) is 10.7. The summed E-state index contributed by atoms with van der Waals surface area (Å²) in [5.74, 6) is 1.19. The molecule has 1 aromatic rings. The number of nitrogens with two attached hydrogens (primary N) is 1. The minimum atomic E-state index is 0.315. The number of halogens is 1. The van der Waals surface area contributed by atoms with E-state index in [-0.39, 0.29) is 0 Å². The molecule has 0 aliphatic rings. The van der Waals surface area contributed by atoms with Crippen LogP contribution >= 0.6 is 15.9 Å². The molecule has 1 rings (SSSR count). The molecule has 0 atom stereocenters. The molecule has 0 saturated heterocycles. The molecule has 84 valence electrons. The summed E-state index contributed by atoms with van der Waals surface area (Å²) in [6.07, 6.45) is 2.78. The van der Waals surface area contributed by atoms with Crippen LogP contribution in [-0.4, -0.2) is 22.6 Å². The van der Waals surface area contributed by atoms with Crippen molar-refractivity contribution in [3.05, 3.63) is 10.7 Å². The predicted octanol–water partition coefficient (Wildman–Crippen LogP) is 2.45. The molecule has 0 aliphatic heterocycles. The fourth-order valence-electron chi connectivity index (χ4n) is 1.42. The van der Waals surface area contributed by atoms with Crippen molar-refractivity contribution in [2.45, 2.75) is 33.2 Å². The van der Waals surface area contributed by atoms with E-state index in [0.717, 1.165) is 23.3 Å². The van der Waals surface area contributed by atoms with Gasteiger partial charge in [-0.3, -0.25) is 0 Å². The summed E-state index contributed by atoms with van der Waals surface area (Å²) in [5, 5.41) is 0. The summed E-state index contributed by atoms with van der Waals surface area (Å²) >= 11 is 3.45. The Labute approximate surface area is 99.0 Å². The Morgan fingerprint density at radius 2 is 2.20 bits per heavy atom. The molecule has 15 heavy (non-hydrogen) atoms. The molecule has 5 heteroatoms. The highest BCUT2D eigenvalue weighted by Gasteiger charge is 2.14. The van der Waals surface area contributed by atoms with Crippen LogP contribution in [0.4, 0.5) is 11.8 Å². The Kier molecular flexibility index (Phi) is 4.32. The molecule has 0 unspecified atom stereocenters. The van der Waals surface area contributed by atoms with E-state index >= 15 is 0 Å². The first-order valence-electron chi connectivity index (χ1n) is 5.11. The predicted molar refractivity (Wildman–Crippen MR) is 66.9 cm³/mol. The molecular formula is C10H17BrN4. The first-order chi connectivity index (χ1) is 7.06. The van der Waals surface area contributed by atoms with E-state index in [1.807, 2.05) is 0 Å². The van der Waals surface area contributed by atoms with E-state index < -0.39 is 0 Å². The topological polar surface area (TPSA) is 55.0 Å². The van der Waals surface area contributed by atoms with E-state index in [9.17, 15) is 0 Å². The summed E-state index contributed by atoms with van der Waals surface area (Å²) in [4.78, 5) is 10.4. The molecule has 0 spiro atoms. The molecule has 0 saturated carbocycles. The number of aromatic nitrogens is 2. The van der Waals surface area contributed by atoms with Crippen LogP contribution in [0.3, 0.4) is 0 Å². The lowest BCUT2D eigenvalue weighted by atomic mass is 10.3. The van der Waals surface area contributed by atoms with Crippen molar-refractivity contribution in [2.24, 2.45) is 0 Å². The molecule has 0 fully saturated rings. The maximum atomic E-state index is 5.59. The molecule has 1 heterocycles. The maximum absolute atomic E-state index is 5.59. The lowest BCUT2D eigenvalue weighted by Gasteiger charge is -2.28. The van der Waals surface area contributed by atoms with E-state index in [4.69, 9.17) is 5.73 Å². The zero-order valence-corrected chi connectivity index (χ0v) is 11.0. The third kappa shape index (κ3) is 3.06. The Balaban J connectivity index is 3.04. The van der Waals surface area contributed by atoms with Crippen LogP contribution in [0.15, 0.2) is 10.7 Å². The summed E-state index contributed by atoms with van der Waals surface area (Å²) in [7, 11) is 0. The molecule has 0 amide bonds. The smallest absolute Gasteiger partial charge is 0.222 e. The van der Waals surface area contributed by atoms with Crippen molar-refractivity contribution in [2.75, 3.05) is 17.2 Å². The largest absolute Gasteiger partial charge is 0.368 e. The highest BCUT2D eigenvalue weighted by molar-refractivity contribution is 9.10. The average Bonchev–Trinajstić information content (AvgIpc) is 2.18. The summed E-state index contributed by atoms with van der Waals surface area (Å²) in [6.45, 7) is 7.39. The lowest BCUT2D eigenvalue weighted by molar-refractivity contribution is 0.660. The third-order valence-electron chi connectivity index (χ3n) is 2.10. The summed E-state index contributed by atoms with van der Waals surface area (Å²) in [5.41, 5.74) is 5.59. The number of nitrogens with zero attached hydrogens (tertiary/aromatic N) is 3. The van der Waals surface area contributed by atoms with Gasteiger partial charge in [-0.05, 0) is 36.2 Å². The Morgan fingerprint density at radius 3 is 2.73 bits per heavy atom. The Morgan fingerprint density at radius 1 is 1.53 bits per heavy atom. The second kappa shape index (κ2) is 5.30. The van der Waals surface area contributed by atoms with Gasteiger partial charge in [-0.2, -0.15) is 4.98 Å².